The molecule has 7 heteroatoms. The molecule has 0 amide bonds. The quantitative estimate of drug-likeness (QED) is 0.891. The largest absolute Gasteiger partial charge is 0.387 e. The molecule has 0 aliphatic carbocycles. The van der Waals surface area contributed by atoms with E-state index in [4.69, 9.17) is 11.6 Å². The molecule has 0 aliphatic heterocycles. The van der Waals surface area contributed by atoms with Crippen LogP contribution < -0.4 is 5.32 Å². The lowest BCUT2D eigenvalue weighted by molar-refractivity contribution is 0.164. The van der Waals surface area contributed by atoms with Crippen LogP contribution in [0.25, 0.3) is 0 Å². The van der Waals surface area contributed by atoms with Crippen LogP contribution in [0.2, 0.25) is 5.15 Å². The number of benzene rings is 1. The summed E-state index contributed by atoms with van der Waals surface area (Å²) in [5.41, 5.74) is 1.22. The average Bonchev–Trinajstić information content (AvgIpc) is 2.65. The number of aromatic nitrogens is 2. The maximum Gasteiger partial charge on any atom is 0.131 e. The van der Waals surface area contributed by atoms with E-state index in [1.165, 1.54) is 6.07 Å². The van der Waals surface area contributed by atoms with Crippen LogP contribution in [-0.2, 0) is 13.6 Å². The molecular formula is C14H16ClF2N3O. The van der Waals surface area contributed by atoms with Gasteiger partial charge in [-0.1, -0.05) is 17.7 Å². The van der Waals surface area contributed by atoms with Gasteiger partial charge in [0.25, 0.3) is 0 Å². The van der Waals surface area contributed by atoms with E-state index in [1.54, 1.807) is 11.7 Å². The number of hydrogen-bond donors (Lipinski definition) is 2. The van der Waals surface area contributed by atoms with Crippen LogP contribution in [0.3, 0.4) is 0 Å². The highest BCUT2D eigenvalue weighted by Crippen LogP contribution is 2.21. The molecule has 1 heterocycles. The SMILES string of the molecule is Cc1nn(C)c(Cl)c1CNCC(O)c1c(F)cccc1F. The maximum atomic E-state index is 13.5. The number of aryl methyl sites for hydroxylation is 2. The second-order valence-corrected chi connectivity index (χ2v) is 5.12. The van der Waals surface area contributed by atoms with Crippen LogP contribution >= 0.6 is 11.6 Å². The summed E-state index contributed by atoms with van der Waals surface area (Å²) >= 11 is 6.07. The summed E-state index contributed by atoms with van der Waals surface area (Å²) in [4.78, 5) is 0. The van der Waals surface area contributed by atoms with Gasteiger partial charge in [0.15, 0.2) is 0 Å². The minimum Gasteiger partial charge on any atom is -0.387 e. The number of nitrogens with zero attached hydrogens (tertiary/aromatic N) is 2. The highest BCUT2D eigenvalue weighted by atomic mass is 35.5. The van der Waals surface area contributed by atoms with Crippen molar-refractivity contribution in [3.05, 3.63) is 51.8 Å². The van der Waals surface area contributed by atoms with Gasteiger partial charge in [0, 0.05) is 25.7 Å². The molecule has 21 heavy (non-hydrogen) atoms. The molecule has 0 saturated carbocycles. The first kappa shape index (κ1) is 15.9. The Hall–Kier alpha value is -1.50. The summed E-state index contributed by atoms with van der Waals surface area (Å²) in [6.07, 6.45) is -1.28. The number of aliphatic hydroxyl groups is 1. The zero-order chi connectivity index (χ0) is 15.6. The number of halogens is 3. The molecule has 1 unspecified atom stereocenters. The van der Waals surface area contributed by atoms with Crippen molar-refractivity contribution in [1.82, 2.24) is 15.1 Å². The second-order valence-electron chi connectivity index (χ2n) is 4.76. The Bertz CT molecular complexity index is 625. The van der Waals surface area contributed by atoms with Gasteiger partial charge in [-0.3, -0.25) is 4.68 Å². The lowest BCUT2D eigenvalue weighted by atomic mass is 10.1. The smallest absolute Gasteiger partial charge is 0.131 e. The molecule has 114 valence electrons. The predicted octanol–water partition coefficient (Wildman–Crippen LogP) is 2.48. The van der Waals surface area contributed by atoms with E-state index in [9.17, 15) is 13.9 Å². The van der Waals surface area contributed by atoms with E-state index in [1.807, 2.05) is 6.92 Å². The minimum atomic E-state index is -1.28. The van der Waals surface area contributed by atoms with Crippen molar-refractivity contribution >= 4 is 11.6 Å². The highest BCUT2D eigenvalue weighted by molar-refractivity contribution is 6.30. The van der Waals surface area contributed by atoms with Gasteiger partial charge in [-0.15, -0.1) is 0 Å². The van der Waals surface area contributed by atoms with Crippen LogP contribution in [-0.4, -0.2) is 21.4 Å². The number of rotatable bonds is 5. The van der Waals surface area contributed by atoms with Crippen molar-refractivity contribution in [3.63, 3.8) is 0 Å². The van der Waals surface area contributed by atoms with Crippen LogP contribution in [0.5, 0.6) is 0 Å². The van der Waals surface area contributed by atoms with Crippen LogP contribution in [0.1, 0.15) is 22.9 Å². The van der Waals surface area contributed by atoms with E-state index in [2.05, 4.69) is 10.4 Å². The number of aliphatic hydroxyl groups excluding tert-OH is 1. The standard InChI is InChI=1S/C14H16ClF2N3O/c1-8-9(14(15)20(2)19-8)6-18-7-12(21)13-10(16)4-3-5-11(13)17/h3-5,12,18,21H,6-7H2,1-2H3. The molecule has 1 atom stereocenters. The molecule has 0 aliphatic rings. The van der Waals surface area contributed by atoms with Gasteiger partial charge < -0.3 is 10.4 Å². The van der Waals surface area contributed by atoms with Crippen molar-refractivity contribution in [2.24, 2.45) is 7.05 Å². The molecule has 1 aromatic carbocycles. The summed E-state index contributed by atoms with van der Waals surface area (Å²) < 4.78 is 28.6. The first-order valence-electron chi connectivity index (χ1n) is 6.42. The first-order chi connectivity index (χ1) is 9.91. The molecule has 0 spiro atoms. The Balaban J connectivity index is 2.00. The Kier molecular flexibility index (Phi) is 4.92. The fourth-order valence-electron chi connectivity index (χ4n) is 2.14. The summed E-state index contributed by atoms with van der Waals surface area (Å²) in [5, 5.41) is 17.5. The summed E-state index contributed by atoms with van der Waals surface area (Å²) in [6.45, 7) is 2.17. The first-order valence-corrected chi connectivity index (χ1v) is 6.80. The predicted molar refractivity (Wildman–Crippen MR) is 76.0 cm³/mol. The normalized spacial score (nSPS) is 12.7. The topological polar surface area (TPSA) is 50.1 Å². The Labute approximate surface area is 126 Å². The maximum absolute atomic E-state index is 13.5. The van der Waals surface area contributed by atoms with E-state index in [0.717, 1.165) is 23.4 Å². The lowest BCUT2D eigenvalue weighted by Gasteiger charge is -2.13. The number of nitrogens with one attached hydrogen (secondary N) is 1. The second kappa shape index (κ2) is 6.51. The Morgan fingerprint density at radius 2 is 2.00 bits per heavy atom. The monoisotopic (exact) mass is 315 g/mol. The zero-order valence-electron chi connectivity index (χ0n) is 11.7. The van der Waals surface area contributed by atoms with E-state index in [-0.39, 0.29) is 12.1 Å². The van der Waals surface area contributed by atoms with Gasteiger partial charge in [-0.05, 0) is 19.1 Å². The van der Waals surface area contributed by atoms with Crippen LogP contribution in [0, 0.1) is 18.6 Å². The van der Waals surface area contributed by atoms with E-state index in [0.29, 0.717) is 11.7 Å². The summed E-state index contributed by atoms with van der Waals surface area (Å²) in [5.74, 6) is -1.53. The Morgan fingerprint density at radius 1 is 1.38 bits per heavy atom. The van der Waals surface area contributed by atoms with Gasteiger partial charge in [0.2, 0.25) is 0 Å². The summed E-state index contributed by atoms with van der Waals surface area (Å²) in [6, 6.07) is 3.49. The van der Waals surface area contributed by atoms with Crippen molar-refractivity contribution in [2.45, 2.75) is 19.6 Å². The third kappa shape index (κ3) is 3.40. The minimum absolute atomic E-state index is 0.00250. The van der Waals surface area contributed by atoms with Crippen molar-refractivity contribution in [3.8, 4) is 0 Å². The molecule has 2 N–H and O–H groups in total. The molecule has 0 radical (unpaired) electrons. The molecule has 2 rings (SSSR count). The fourth-order valence-corrected chi connectivity index (χ4v) is 2.38. The van der Waals surface area contributed by atoms with Crippen molar-refractivity contribution in [1.29, 1.82) is 0 Å². The van der Waals surface area contributed by atoms with Gasteiger partial charge >= 0.3 is 0 Å². The average molecular weight is 316 g/mol. The molecular weight excluding hydrogens is 300 g/mol. The molecule has 0 fully saturated rings. The molecule has 0 saturated heterocycles. The van der Waals surface area contributed by atoms with Gasteiger partial charge in [-0.25, -0.2) is 8.78 Å². The third-order valence-corrected chi connectivity index (χ3v) is 3.72. The lowest BCUT2D eigenvalue weighted by Crippen LogP contribution is -2.22. The zero-order valence-corrected chi connectivity index (χ0v) is 12.5. The third-order valence-electron chi connectivity index (χ3n) is 3.24. The van der Waals surface area contributed by atoms with Crippen molar-refractivity contribution in [2.75, 3.05) is 6.54 Å². The van der Waals surface area contributed by atoms with Crippen molar-refractivity contribution < 1.29 is 13.9 Å². The fraction of sp³-hybridized carbons (Fsp3) is 0.357. The Morgan fingerprint density at radius 3 is 2.52 bits per heavy atom. The van der Waals surface area contributed by atoms with E-state index >= 15 is 0 Å². The van der Waals surface area contributed by atoms with E-state index < -0.39 is 17.7 Å². The summed E-state index contributed by atoms with van der Waals surface area (Å²) in [7, 11) is 1.72. The molecule has 2 aromatic rings. The molecule has 4 nitrogen and oxygen atoms in total. The van der Waals surface area contributed by atoms with Crippen LogP contribution in [0.4, 0.5) is 8.78 Å². The van der Waals surface area contributed by atoms with Gasteiger partial charge in [0.05, 0.1) is 17.4 Å². The molecule has 1 aromatic heterocycles. The molecule has 0 bridgehead atoms. The highest BCUT2D eigenvalue weighted by Gasteiger charge is 2.18. The number of hydrogen-bond acceptors (Lipinski definition) is 3. The van der Waals surface area contributed by atoms with Crippen LogP contribution in [0.15, 0.2) is 18.2 Å². The van der Waals surface area contributed by atoms with Gasteiger partial charge in [-0.2, -0.15) is 5.10 Å². The van der Waals surface area contributed by atoms with Gasteiger partial charge in [0.1, 0.15) is 16.8 Å².